The Morgan fingerprint density at radius 3 is 2.50 bits per heavy atom. The molecule has 0 radical (unpaired) electrons. The smallest absolute Gasteiger partial charge is 0.496 e. The summed E-state index contributed by atoms with van der Waals surface area (Å²) in [6, 6.07) is 2.84. The number of methoxy groups -OCH3 is 1. The van der Waals surface area contributed by atoms with E-state index >= 15 is 0 Å². The zero-order valence-electron chi connectivity index (χ0n) is 8.63. The van der Waals surface area contributed by atoms with E-state index in [4.69, 9.17) is 10.5 Å². The fourth-order valence-electron chi connectivity index (χ4n) is 1.56. The van der Waals surface area contributed by atoms with Crippen LogP contribution in [0.3, 0.4) is 0 Å². The van der Waals surface area contributed by atoms with Gasteiger partial charge in [0.05, 0.1) is 7.11 Å². The minimum atomic E-state index is -3.60. The first-order valence-corrected chi connectivity index (χ1v) is 4.72. The van der Waals surface area contributed by atoms with Gasteiger partial charge in [0, 0.05) is 6.07 Å². The van der Waals surface area contributed by atoms with Gasteiger partial charge in [-0.05, 0) is 24.6 Å². The predicted molar refractivity (Wildman–Crippen MR) is 52.0 cm³/mol. The Kier molecular flexibility index (Phi) is 2.59. The van der Waals surface area contributed by atoms with E-state index in [0.717, 1.165) is 0 Å². The summed E-state index contributed by atoms with van der Waals surface area (Å²) in [5.74, 6) is 0.447. The van der Waals surface area contributed by atoms with Crippen LogP contribution in [0.4, 0.5) is 8.78 Å². The van der Waals surface area contributed by atoms with Gasteiger partial charge in [0.15, 0.2) is 11.5 Å². The number of rotatable bonds is 3. The maximum Gasteiger partial charge on any atom is 0.586 e. The van der Waals surface area contributed by atoms with Crippen LogP contribution >= 0.6 is 0 Å². The molecule has 1 aliphatic rings. The molecule has 88 valence electrons. The fraction of sp³-hybridized carbons (Fsp3) is 0.400. The van der Waals surface area contributed by atoms with Crippen molar-refractivity contribution in [3.63, 3.8) is 0 Å². The predicted octanol–water partition coefficient (Wildman–Crippen LogP) is 1.52. The van der Waals surface area contributed by atoms with Crippen molar-refractivity contribution >= 4 is 0 Å². The highest BCUT2D eigenvalue weighted by molar-refractivity contribution is 5.52. The van der Waals surface area contributed by atoms with Crippen molar-refractivity contribution in [1.82, 2.24) is 0 Å². The highest BCUT2D eigenvalue weighted by Gasteiger charge is 2.43. The van der Waals surface area contributed by atoms with E-state index in [9.17, 15) is 8.78 Å². The molecule has 0 saturated heterocycles. The van der Waals surface area contributed by atoms with E-state index in [1.165, 1.54) is 19.2 Å². The van der Waals surface area contributed by atoms with E-state index in [1.54, 1.807) is 0 Å². The molecule has 2 rings (SSSR count). The quantitative estimate of drug-likeness (QED) is 0.856. The molecule has 0 saturated carbocycles. The van der Waals surface area contributed by atoms with E-state index in [0.29, 0.717) is 24.3 Å². The van der Waals surface area contributed by atoms with Crippen molar-refractivity contribution in [3.05, 3.63) is 17.7 Å². The molecule has 1 aromatic carbocycles. The van der Waals surface area contributed by atoms with Gasteiger partial charge >= 0.3 is 6.29 Å². The molecular formula is C10H11F2NO3. The van der Waals surface area contributed by atoms with Crippen molar-refractivity contribution in [2.75, 3.05) is 13.7 Å². The molecule has 0 amide bonds. The molecule has 0 spiro atoms. The van der Waals surface area contributed by atoms with Gasteiger partial charge in [0.1, 0.15) is 5.75 Å². The summed E-state index contributed by atoms with van der Waals surface area (Å²) in [6.45, 7) is 0.395. The first kappa shape index (κ1) is 10.9. The van der Waals surface area contributed by atoms with E-state index in [-0.39, 0.29) is 11.5 Å². The molecule has 0 bridgehead atoms. The summed E-state index contributed by atoms with van der Waals surface area (Å²) in [5.41, 5.74) is 6.12. The second kappa shape index (κ2) is 3.79. The summed E-state index contributed by atoms with van der Waals surface area (Å²) in [4.78, 5) is 0. The summed E-state index contributed by atoms with van der Waals surface area (Å²) in [6.07, 6.45) is -3.08. The van der Waals surface area contributed by atoms with Gasteiger partial charge in [-0.15, -0.1) is 8.78 Å². The topological polar surface area (TPSA) is 53.7 Å². The molecule has 4 nitrogen and oxygen atoms in total. The Morgan fingerprint density at radius 1 is 1.31 bits per heavy atom. The molecular weight excluding hydrogens is 220 g/mol. The fourth-order valence-corrected chi connectivity index (χ4v) is 1.56. The standard InChI is InChI=1S/C10H11F2NO3/c1-14-7-5-9-8(4-6(7)2-3-13)15-10(11,12)16-9/h4-5H,2-3,13H2,1H3. The minimum Gasteiger partial charge on any atom is -0.496 e. The van der Waals surface area contributed by atoms with Crippen LogP contribution in [0.2, 0.25) is 0 Å². The number of halogens is 2. The van der Waals surface area contributed by atoms with Crippen molar-refractivity contribution in [2.45, 2.75) is 12.7 Å². The summed E-state index contributed by atoms with van der Waals surface area (Å²) < 4.78 is 39.2. The third kappa shape index (κ3) is 1.88. The van der Waals surface area contributed by atoms with Gasteiger partial charge < -0.3 is 19.9 Å². The second-order valence-electron chi connectivity index (χ2n) is 3.32. The zero-order valence-corrected chi connectivity index (χ0v) is 8.63. The number of fused-ring (bicyclic) bond motifs is 1. The average molecular weight is 231 g/mol. The van der Waals surface area contributed by atoms with Gasteiger partial charge in [-0.3, -0.25) is 0 Å². The lowest BCUT2D eigenvalue weighted by Gasteiger charge is -2.08. The van der Waals surface area contributed by atoms with Crippen LogP contribution in [-0.4, -0.2) is 19.9 Å². The maximum absolute atomic E-state index is 12.8. The lowest BCUT2D eigenvalue weighted by Crippen LogP contribution is -2.25. The lowest BCUT2D eigenvalue weighted by atomic mass is 10.1. The van der Waals surface area contributed by atoms with E-state index in [1.807, 2.05) is 0 Å². The van der Waals surface area contributed by atoms with Crippen LogP contribution in [-0.2, 0) is 6.42 Å². The van der Waals surface area contributed by atoms with Gasteiger partial charge in [-0.1, -0.05) is 0 Å². The molecule has 2 N–H and O–H groups in total. The zero-order chi connectivity index (χ0) is 11.8. The van der Waals surface area contributed by atoms with Crippen molar-refractivity contribution < 1.29 is 23.0 Å². The lowest BCUT2D eigenvalue weighted by molar-refractivity contribution is -0.286. The van der Waals surface area contributed by atoms with Gasteiger partial charge in [0.25, 0.3) is 0 Å². The SMILES string of the molecule is COc1cc2c(cc1CCN)OC(F)(F)O2. The van der Waals surface area contributed by atoms with Crippen LogP contribution in [0.5, 0.6) is 17.2 Å². The van der Waals surface area contributed by atoms with Crippen LogP contribution in [0, 0.1) is 0 Å². The van der Waals surface area contributed by atoms with Gasteiger partial charge in [-0.2, -0.15) is 0 Å². The number of alkyl halides is 2. The summed E-state index contributed by atoms with van der Waals surface area (Å²) >= 11 is 0. The van der Waals surface area contributed by atoms with Crippen molar-refractivity contribution in [3.8, 4) is 17.2 Å². The van der Waals surface area contributed by atoms with Crippen LogP contribution in [0.25, 0.3) is 0 Å². The highest BCUT2D eigenvalue weighted by Crippen LogP contribution is 2.44. The Hall–Kier alpha value is -1.56. The molecule has 0 atom stereocenters. The monoisotopic (exact) mass is 231 g/mol. The number of hydrogen-bond acceptors (Lipinski definition) is 4. The Balaban J connectivity index is 2.38. The molecule has 16 heavy (non-hydrogen) atoms. The first-order valence-electron chi connectivity index (χ1n) is 4.72. The van der Waals surface area contributed by atoms with Gasteiger partial charge in [0.2, 0.25) is 0 Å². The number of ether oxygens (including phenoxy) is 3. The molecule has 1 aromatic rings. The minimum absolute atomic E-state index is 0.00856. The van der Waals surface area contributed by atoms with E-state index in [2.05, 4.69) is 9.47 Å². The Morgan fingerprint density at radius 2 is 1.94 bits per heavy atom. The highest BCUT2D eigenvalue weighted by atomic mass is 19.3. The molecule has 0 fully saturated rings. The Bertz CT molecular complexity index is 409. The Labute approximate surface area is 90.9 Å². The largest absolute Gasteiger partial charge is 0.586 e. The summed E-state index contributed by atoms with van der Waals surface area (Å²) in [7, 11) is 1.45. The second-order valence-corrected chi connectivity index (χ2v) is 3.32. The molecule has 1 heterocycles. The molecule has 0 aliphatic carbocycles. The summed E-state index contributed by atoms with van der Waals surface area (Å²) in [5, 5.41) is 0. The number of benzene rings is 1. The molecule has 0 unspecified atom stereocenters. The van der Waals surface area contributed by atoms with Crippen LogP contribution in [0.15, 0.2) is 12.1 Å². The van der Waals surface area contributed by atoms with Crippen molar-refractivity contribution in [2.24, 2.45) is 5.73 Å². The molecule has 6 heteroatoms. The van der Waals surface area contributed by atoms with E-state index < -0.39 is 6.29 Å². The third-order valence-corrected chi connectivity index (χ3v) is 2.22. The number of hydrogen-bond donors (Lipinski definition) is 1. The average Bonchev–Trinajstić information content (AvgIpc) is 2.50. The molecule has 0 aromatic heterocycles. The van der Waals surface area contributed by atoms with Crippen LogP contribution < -0.4 is 19.9 Å². The number of nitrogens with two attached hydrogens (primary N) is 1. The third-order valence-electron chi connectivity index (χ3n) is 2.22. The first-order chi connectivity index (χ1) is 7.55. The maximum atomic E-state index is 12.8. The normalized spacial score (nSPS) is 16.2. The van der Waals surface area contributed by atoms with Crippen LogP contribution in [0.1, 0.15) is 5.56 Å². The molecule has 1 aliphatic heterocycles. The van der Waals surface area contributed by atoms with Gasteiger partial charge in [-0.25, -0.2) is 0 Å². The van der Waals surface area contributed by atoms with Crippen molar-refractivity contribution in [1.29, 1.82) is 0 Å².